The van der Waals surface area contributed by atoms with Crippen LogP contribution in [0.5, 0.6) is 0 Å². The Kier molecular flexibility index (Phi) is 8.00. The van der Waals surface area contributed by atoms with E-state index in [0.29, 0.717) is 37.7 Å². The Morgan fingerprint density at radius 3 is 2.55 bits per heavy atom. The van der Waals surface area contributed by atoms with Crippen LogP contribution in [-0.4, -0.2) is 49.2 Å². The quantitative estimate of drug-likeness (QED) is 0.362. The zero-order valence-electron chi connectivity index (χ0n) is 19.1. The van der Waals surface area contributed by atoms with Crippen molar-refractivity contribution < 1.29 is 24.0 Å². The minimum atomic E-state index is -1.08. The molecule has 1 aliphatic rings. The molecule has 9 heteroatoms. The fraction of sp³-hybridized carbons (Fsp3) is 0.417. The van der Waals surface area contributed by atoms with Crippen LogP contribution in [0.4, 0.5) is 17.1 Å². The molecule has 0 spiro atoms. The Morgan fingerprint density at radius 1 is 1.18 bits per heavy atom. The number of nitro benzene ring substituents is 1. The minimum Gasteiger partial charge on any atom is -0.449 e. The van der Waals surface area contributed by atoms with Crippen molar-refractivity contribution in [3.63, 3.8) is 0 Å². The van der Waals surface area contributed by atoms with Gasteiger partial charge in [-0.2, -0.15) is 0 Å². The first-order valence-corrected chi connectivity index (χ1v) is 11.0. The van der Waals surface area contributed by atoms with Crippen LogP contribution in [0, 0.1) is 10.1 Å². The normalized spacial score (nSPS) is 15.4. The molecule has 1 aliphatic heterocycles. The molecule has 0 aromatic heterocycles. The van der Waals surface area contributed by atoms with Crippen molar-refractivity contribution in [1.29, 1.82) is 0 Å². The number of nitrogens with one attached hydrogen (secondary N) is 1. The number of hydrogen-bond donors (Lipinski definition) is 1. The van der Waals surface area contributed by atoms with Crippen LogP contribution in [0.2, 0.25) is 0 Å². The first-order chi connectivity index (χ1) is 15.8. The number of carbonyl (C=O) groups excluding carboxylic acids is 2. The van der Waals surface area contributed by atoms with Crippen molar-refractivity contribution >= 4 is 28.9 Å². The highest BCUT2D eigenvalue weighted by Crippen LogP contribution is 2.30. The Bertz CT molecular complexity index is 1020. The summed E-state index contributed by atoms with van der Waals surface area (Å²) in [5, 5.41) is 14.4. The SMILES string of the molecule is CC[C@@H](C)c1ccccc1NC(=O)[C@H](C)OC(=O)c1ccc(N2CCOCC2)c([N+](=O)[O-])c1. The lowest BCUT2D eigenvalue weighted by Crippen LogP contribution is -2.36. The second kappa shape index (κ2) is 10.9. The number of nitrogens with zero attached hydrogens (tertiary/aromatic N) is 2. The van der Waals surface area contributed by atoms with E-state index in [1.807, 2.05) is 29.2 Å². The van der Waals surface area contributed by atoms with Gasteiger partial charge in [-0.3, -0.25) is 14.9 Å². The Morgan fingerprint density at radius 2 is 1.88 bits per heavy atom. The minimum absolute atomic E-state index is 0.0124. The summed E-state index contributed by atoms with van der Waals surface area (Å²) in [6.07, 6.45) is -0.170. The average molecular weight is 456 g/mol. The first kappa shape index (κ1) is 24.2. The van der Waals surface area contributed by atoms with Crippen LogP contribution in [-0.2, 0) is 14.3 Å². The monoisotopic (exact) mass is 455 g/mol. The summed E-state index contributed by atoms with van der Waals surface area (Å²) < 4.78 is 10.6. The molecular weight excluding hydrogens is 426 g/mol. The van der Waals surface area contributed by atoms with E-state index in [0.717, 1.165) is 12.0 Å². The number of anilines is 2. The van der Waals surface area contributed by atoms with E-state index >= 15 is 0 Å². The van der Waals surface area contributed by atoms with Crippen LogP contribution in [0.25, 0.3) is 0 Å². The molecule has 1 N–H and O–H groups in total. The van der Waals surface area contributed by atoms with Crippen molar-refractivity contribution in [2.75, 3.05) is 36.5 Å². The highest BCUT2D eigenvalue weighted by atomic mass is 16.6. The van der Waals surface area contributed by atoms with Gasteiger partial charge >= 0.3 is 5.97 Å². The van der Waals surface area contributed by atoms with Crippen LogP contribution in [0.1, 0.15) is 49.0 Å². The zero-order chi connectivity index (χ0) is 24.0. The lowest BCUT2D eigenvalue weighted by molar-refractivity contribution is -0.384. The highest BCUT2D eigenvalue weighted by molar-refractivity contribution is 5.98. The number of hydrogen-bond acceptors (Lipinski definition) is 7. The third-order valence-corrected chi connectivity index (χ3v) is 5.77. The largest absolute Gasteiger partial charge is 0.449 e. The Labute approximate surface area is 192 Å². The number of carbonyl (C=O) groups is 2. The number of para-hydroxylation sites is 1. The van der Waals surface area contributed by atoms with Crippen LogP contribution >= 0.6 is 0 Å². The van der Waals surface area contributed by atoms with Gasteiger partial charge in [-0.1, -0.05) is 32.0 Å². The summed E-state index contributed by atoms with van der Waals surface area (Å²) in [6, 6.07) is 11.7. The second-order valence-electron chi connectivity index (χ2n) is 7.99. The molecule has 176 valence electrons. The molecule has 0 saturated carbocycles. The van der Waals surface area contributed by atoms with Crippen molar-refractivity contribution in [3.05, 3.63) is 63.7 Å². The number of nitro groups is 1. The van der Waals surface area contributed by atoms with Gasteiger partial charge in [-0.15, -0.1) is 0 Å². The molecule has 2 aromatic rings. The lowest BCUT2D eigenvalue weighted by Gasteiger charge is -2.28. The summed E-state index contributed by atoms with van der Waals surface area (Å²) in [7, 11) is 0. The number of rotatable bonds is 8. The van der Waals surface area contributed by atoms with E-state index in [9.17, 15) is 19.7 Å². The summed E-state index contributed by atoms with van der Waals surface area (Å²) >= 11 is 0. The molecule has 3 rings (SSSR count). The van der Waals surface area contributed by atoms with Crippen molar-refractivity contribution in [1.82, 2.24) is 0 Å². The number of esters is 1. The summed E-state index contributed by atoms with van der Waals surface area (Å²) in [5.41, 5.74) is 1.92. The summed E-state index contributed by atoms with van der Waals surface area (Å²) in [5.74, 6) is -1.02. The summed E-state index contributed by atoms with van der Waals surface area (Å²) in [6.45, 7) is 7.62. The fourth-order valence-electron chi connectivity index (χ4n) is 3.65. The van der Waals surface area contributed by atoms with Crippen LogP contribution < -0.4 is 10.2 Å². The molecule has 9 nitrogen and oxygen atoms in total. The third-order valence-electron chi connectivity index (χ3n) is 5.77. The van der Waals surface area contributed by atoms with E-state index < -0.39 is 22.9 Å². The van der Waals surface area contributed by atoms with E-state index in [1.165, 1.54) is 25.1 Å². The van der Waals surface area contributed by atoms with Crippen molar-refractivity contribution in [3.8, 4) is 0 Å². The maximum Gasteiger partial charge on any atom is 0.339 e. The van der Waals surface area contributed by atoms with Gasteiger partial charge in [-0.05, 0) is 43.0 Å². The second-order valence-corrected chi connectivity index (χ2v) is 7.99. The average Bonchev–Trinajstić information content (AvgIpc) is 2.83. The molecular formula is C24H29N3O6. The molecule has 0 aliphatic carbocycles. The fourth-order valence-corrected chi connectivity index (χ4v) is 3.65. The lowest BCUT2D eigenvalue weighted by atomic mass is 9.97. The topological polar surface area (TPSA) is 111 Å². The Hall–Kier alpha value is -3.46. The molecule has 1 fully saturated rings. The molecule has 2 atom stereocenters. The number of benzene rings is 2. The molecule has 0 unspecified atom stereocenters. The molecule has 33 heavy (non-hydrogen) atoms. The van der Waals surface area contributed by atoms with E-state index in [4.69, 9.17) is 9.47 Å². The Balaban J connectivity index is 1.71. The number of amides is 1. The molecule has 1 saturated heterocycles. The van der Waals surface area contributed by atoms with Gasteiger partial charge in [0.2, 0.25) is 0 Å². The molecule has 0 bridgehead atoms. The van der Waals surface area contributed by atoms with E-state index in [2.05, 4.69) is 19.2 Å². The smallest absolute Gasteiger partial charge is 0.339 e. The van der Waals surface area contributed by atoms with Crippen LogP contribution in [0.3, 0.4) is 0 Å². The van der Waals surface area contributed by atoms with Gasteiger partial charge in [0, 0.05) is 24.8 Å². The van der Waals surface area contributed by atoms with E-state index in [1.54, 1.807) is 0 Å². The van der Waals surface area contributed by atoms with E-state index in [-0.39, 0.29) is 17.2 Å². The zero-order valence-corrected chi connectivity index (χ0v) is 19.1. The maximum absolute atomic E-state index is 12.7. The van der Waals surface area contributed by atoms with Gasteiger partial charge in [0.15, 0.2) is 6.10 Å². The van der Waals surface area contributed by atoms with Gasteiger partial charge in [0.05, 0.1) is 23.7 Å². The third kappa shape index (κ3) is 5.87. The van der Waals surface area contributed by atoms with Gasteiger partial charge < -0.3 is 19.7 Å². The molecule has 0 radical (unpaired) electrons. The van der Waals surface area contributed by atoms with Gasteiger partial charge in [0.25, 0.3) is 11.6 Å². The van der Waals surface area contributed by atoms with Gasteiger partial charge in [-0.25, -0.2) is 4.79 Å². The summed E-state index contributed by atoms with van der Waals surface area (Å²) in [4.78, 5) is 38.2. The number of ether oxygens (including phenoxy) is 2. The molecule has 1 amide bonds. The molecule has 1 heterocycles. The van der Waals surface area contributed by atoms with Crippen LogP contribution in [0.15, 0.2) is 42.5 Å². The van der Waals surface area contributed by atoms with Crippen molar-refractivity contribution in [2.45, 2.75) is 39.2 Å². The highest BCUT2D eigenvalue weighted by Gasteiger charge is 2.26. The molecule has 2 aromatic carbocycles. The number of morpholine rings is 1. The predicted molar refractivity (Wildman–Crippen MR) is 125 cm³/mol. The first-order valence-electron chi connectivity index (χ1n) is 11.0. The van der Waals surface area contributed by atoms with Gasteiger partial charge in [0.1, 0.15) is 5.69 Å². The van der Waals surface area contributed by atoms with Crippen molar-refractivity contribution in [2.24, 2.45) is 0 Å². The maximum atomic E-state index is 12.7. The standard InChI is InChI=1S/C24H29N3O6/c1-4-16(2)19-7-5-6-8-20(19)25-23(28)17(3)33-24(29)18-9-10-21(22(15-18)27(30)31)26-11-13-32-14-12-26/h5-10,15-17H,4,11-14H2,1-3H3,(H,25,28)/t16-,17+/m1/s1. The predicted octanol–water partition coefficient (Wildman–Crippen LogP) is 4.13.